The average Bonchev–Trinajstić information content (AvgIpc) is 3.10. The summed E-state index contributed by atoms with van der Waals surface area (Å²) in [6.45, 7) is 0.716. The lowest BCUT2D eigenvalue weighted by atomic mass is 10.2. The SMILES string of the molecule is NC(=O)c1ccc(NCC(N)C2CC2)nc1. The molecule has 86 valence electrons. The van der Waals surface area contributed by atoms with Crippen molar-refractivity contribution in [3.8, 4) is 0 Å². The van der Waals surface area contributed by atoms with Crippen molar-refractivity contribution in [2.45, 2.75) is 18.9 Å². The molecule has 1 atom stereocenters. The Bertz CT molecular complexity index is 372. The van der Waals surface area contributed by atoms with E-state index in [1.165, 1.54) is 19.0 Å². The van der Waals surface area contributed by atoms with Crippen LogP contribution < -0.4 is 16.8 Å². The zero-order chi connectivity index (χ0) is 11.5. The third-order valence-corrected chi connectivity index (χ3v) is 2.79. The predicted molar refractivity (Wildman–Crippen MR) is 61.9 cm³/mol. The lowest BCUT2D eigenvalue weighted by molar-refractivity contribution is 0.1000. The number of anilines is 1. The molecule has 5 heteroatoms. The average molecular weight is 220 g/mol. The minimum Gasteiger partial charge on any atom is -0.369 e. The van der Waals surface area contributed by atoms with E-state index in [2.05, 4.69) is 10.3 Å². The highest BCUT2D eigenvalue weighted by Gasteiger charge is 2.28. The molecule has 0 saturated heterocycles. The van der Waals surface area contributed by atoms with Gasteiger partial charge in [-0.15, -0.1) is 0 Å². The van der Waals surface area contributed by atoms with Crippen molar-refractivity contribution >= 4 is 11.7 Å². The molecule has 1 amide bonds. The van der Waals surface area contributed by atoms with Gasteiger partial charge in [0.25, 0.3) is 0 Å². The minimum atomic E-state index is -0.464. The van der Waals surface area contributed by atoms with E-state index in [-0.39, 0.29) is 6.04 Å². The van der Waals surface area contributed by atoms with Gasteiger partial charge in [-0.2, -0.15) is 0 Å². The Morgan fingerprint density at radius 2 is 2.31 bits per heavy atom. The van der Waals surface area contributed by atoms with Crippen LogP contribution in [0.3, 0.4) is 0 Å². The van der Waals surface area contributed by atoms with Crippen molar-refractivity contribution in [1.82, 2.24) is 4.98 Å². The fourth-order valence-electron chi connectivity index (χ4n) is 1.56. The van der Waals surface area contributed by atoms with Gasteiger partial charge < -0.3 is 16.8 Å². The fraction of sp³-hybridized carbons (Fsp3) is 0.455. The molecule has 5 nitrogen and oxygen atoms in total. The van der Waals surface area contributed by atoms with Gasteiger partial charge in [-0.25, -0.2) is 4.98 Å². The first-order valence-corrected chi connectivity index (χ1v) is 5.42. The monoisotopic (exact) mass is 220 g/mol. The van der Waals surface area contributed by atoms with Gasteiger partial charge in [0.2, 0.25) is 5.91 Å². The fourth-order valence-corrected chi connectivity index (χ4v) is 1.56. The Hall–Kier alpha value is -1.62. The van der Waals surface area contributed by atoms with Crippen LogP contribution in [0, 0.1) is 5.92 Å². The summed E-state index contributed by atoms with van der Waals surface area (Å²) in [5, 5.41) is 3.14. The Balaban J connectivity index is 1.86. The molecule has 1 unspecified atom stereocenters. The molecule has 1 aromatic heterocycles. The van der Waals surface area contributed by atoms with Crippen LogP contribution in [0.4, 0.5) is 5.82 Å². The number of nitrogens with one attached hydrogen (secondary N) is 1. The summed E-state index contributed by atoms with van der Waals surface area (Å²) in [5.41, 5.74) is 11.5. The quantitative estimate of drug-likeness (QED) is 0.666. The number of aromatic nitrogens is 1. The third-order valence-electron chi connectivity index (χ3n) is 2.79. The van der Waals surface area contributed by atoms with Crippen molar-refractivity contribution in [3.05, 3.63) is 23.9 Å². The molecule has 0 bridgehead atoms. The first-order chi connectivity index (χ1) is 7.66. The van der Waals surface area contributed by atoms with Gasteiger partial charge in [-0.05, 0) is 30.9 Å². The van der Waals surface area contributed by atoms with E-state index >= 15 is 0 Å². The number of carbonyl (C=O) groups is 1. The van der Waals surface area contributed by atoms with Crippen molar-refractivity contribution in [1.29, 1.82) is 0 Å². The second-order valence-electron chi connectivity index (χ2n) is 4.18. The van der Waals surface area contributed by atoms with E-state index in [9.17, 15) is 4.79 Å². The first kappa shape index (κ1) is 10.9. The number of rotatable bonds is 5. The number of carbonyl (C=O) groups excluding carboxylic acids is 1. The van der Waals surface area contributed by atoms with Crippen LogP contribution in [0.1, 0.15) is 23.2 Å². The largest absolute Gasteiger partial charge is 0.369 e. The summed E-state index contributed by atoms with van der Waals surface area (Å²) >= 11 is 0. The second kappa shape index (κ2) is 4.49. The lowest BCUT2D eigenvalue weighted by Crippen LogP contribution is -2.31. The lowest BCUT2D eigenvalue weighted by Gasteiger charge is -2.11. The van der Waals surface area contributed by atoms with Gasteiger partial charge in [0.05, 0.1) is 5.56 Å². The van der Waals surface area contributed by atoms with E-state index < -0.39 is 5.91 Å². The van der Waals surface area contributed by atoms with Crippen molar-refractivity contribution < 1.29 is 4.79 Å². The number of nitrogens with two attached hydrogens (primary N) is 2. The van der Waals surface area contributed by atoms with Crippen molar-refractivity contribution in [2.24, 2.45) is 17.4 Å². The highest BCUT2D eigenvalue weighted by Crippen LogP contribution is 2.31. The topological polar surface area (TPSA) is 94.0 Å². The van der Waals surface area contributed by atoms with Gasteiger partial charge in [0, 0.05) is 18.8 Å². The normalized spacial score (nSPS) is 16.8. The Morgan fingerprint density at radius 3 is 2.81 bits per heavy atom. The maximum atomic E-state index is 10.8. The molecule has 16 heavy (non-hydrogen) atoms. The number of primary amides is 1. The Morgan fingerprint density at radius 1 is 1.56 bits per heavy atom. The molecule has 1 fully saturated rings. The number of pyridine rings is 1. The molecule has 2 rings (SSSR count). The summed E-state index contributed by atoms with van der Waals surface area (Å²) in [6.07, 6.45) is 3.93. The van der Waals surface area contributed by atoms with Crippen molar-refractivity contribution in [3.63, 3.8) is 0 Å². The van der Waals surface area contributed by atoms with Gasteiger partial charge >= 0.3 is 0 Å². The molecule has 1 saturated carbocycles. The highest BCUT2D eigenvalue weighted by molar-refractivity contribution is 5.92. The Labute approximate surface area is 94.2 Å². The van der Waals surface area contributed by atoms with Crippen LogP contribution in [0.5, 0.6) is 0 Å². The predicted octanol–water partition coefficient (Wildman–Crippen LogP) is 0.330. The minimum absolute atomic E-state index is 0.192. The molecular formula is C11H16N4O. The van der Waals surface area contributed by atoms with Crippen LogP contribution >= 0.6 is 0 Å². The van der Waals surface area contributed by atoms with Crippen LogP contribution in [0.2, 0.25) is 0 Å². The van der Waals surface area contributed by atoms with E-state index in [4.69, 9.17) is 11.5 Å². The zero-order valence-corrected chi connectivity index (χ0v) is 9.02. The smallest absolute Gasteiger partial charge is 0.250 e. The van der Waals surface area contributed by atoms with Crippen LogP contribution in [0.25, 0.3) is 0 Å². The van der Waals surface area contributed by atoms with Crippen LogP contribution in [-0.4, -0.2) is 23.5 Å². The maximum Gasteiger partial charge on any atom is 0.250 e. The Kier molecular flexibility index (Phi) is 3.05. The number of amides is 1. The molecule has 1 aliphatic rings. The van der Waals surface area contributed by atoms with E-state index in [0.29, 0.717) is 18.0 Å². The molecule has 1 heterocycles. The molecule has 0 aliphatic heterocycles. The van der Waals surface area contributed by atoms with Crippen LogP contribution in [-0.2, 0) is 0 Å². The molecule has 1 aromatic rings. The molecular weight excluding hydrogens is 204 g/mol. The molecule has 0 spiro atoms. The number of hydrogen-bond acceptors (Lipinski definition) is 4. The standard InChI is InChI=1S/C11H16N4O/c12-9(7-1-2-7)6-15-10-4-3-8(5-14-10)11(13)16/h3-5,7,9H,1-2,6,12H2,(H2,13,16)(H,14,15). The van der Waals surface area contributed by atoms with E-state index in [0.717, 1.165) is 5.82 Å². The molecule has 0 aromatic carbocycles. The first-order valence-electron chi connectivity index (χ1n) is 5.42. The number of nitrogens with zero attached hydrogens (tertiary/aromatic N) is 1. The molecule has 1 aliphatic carbocycles. The van der Waals surface area contributed by atoms with Crippen LogP contribution in [0.15, 0.2) is 18.3 Å². The summed E-state index contributed by atoms with van der Waals surface area (Å²) < 4.78 is 0. The van der Waals surface area contributed by atoms with Gasteiger partial charge in [-0.3, -0.25) is 4.79 Å². The van der Waals surface area contributed by atoms with E-state index in [1.54, 1.807) is 12.1 Å². The van der Waals surface area contributed by atoms with Gasteiger partial charge in [0.1, 0.15) is 5.82 Å². The third kappa shape index (κ3) is 2.70. The van der Waals surface area contributed by atoms with Gasteiger partial charge in [0.15, 0.2) is 0 Å². The molecule has 5 N–H and O–H groups in total. The van der Waals surface area contributed by atoms with Gasteiger partial charge in [-0.1, -0.05) is 0 Å². The second-order valence-corrected chi connectivity index (χ2v) is 4.18. The molecule has 0 radical (unpaired) electrons. The van der Waals surface area contributed by atoms with E-state index in [1.807, 2.05) is 0 Å². The summed E-state index contributed by atoms with van der Waals surface area (Å²) in [7, 11) is 0. The zero-order valence-electron chi connectivity index (χ0n) is 9.02. The summed E-state index contributed by atoms with van der Waals surface area (Å²) in [6, 6.07) is 3.58. The summed E-state index contributed by atoms with van der Waals surface area (Å²) in [4.78, 5) is 14.9. The highest BCUT2D eigenvalue weighted by atomic mass is 16.1. The maximum absolute atomic E-state index is 10.8. The summed E-state index contributed by atoms with van der Waals surface area (Å²) in [5.74, 6) is 0.923. The number of hydrogen-bond donors (Lipinski definition) is 3. The van der Waals surface area contributed by atoms with Crippen molar-refractivity contribution in [2.75, 3.05) is 11.9 Å².